The maximum Gasteiger partial charge on any atom is 0.191 e. The molecule has 1 atom stereocenters. The number of nitrogens with zero attached hydrogens (tertiary/aromatic N) is 2. The van der Waals surface area contributed by atoms with E-state index in [0.29, 0.717) is 19.1 Å². The molecule has 0 aromatic heterocycles. The summed E-state index contributed by atoms with van der Waals surface area (Å²) < 4.78 is 11.8. The van der Waals surface area contributed by atoms with E-state index < -0.39 is 0 Å². The predicted octanol–water partition coefficient (Wildman–Crippen LogP) is 2.42. The average Bonchev–Trinajstić information content (AvgIpc) is 3.02. The van der Waals surface area contributed by atoms with Crippen LogP contribution in [0.3, 0.4) is 0 Å². The van der Waals surface area contributed by atoms with Crippen molar-refractivity contribution in [2.24, 2.45) is 10.9 Å². The summed E-state index contributed by atoms with van der Waals surface area (Å²) in [6.45, 7) is 8.78. The predicted molar refractivity (Wildman–Crippen MR) is 110 cm³/mol. The minimum atomic E-state index is 0.238. The fourth-order valence-corrected chi connectivity index (χ4v) is 3.82. The van der Waals surface area contributed by atoms with Crippen LogP contribution in [0.2, 0.25) is 0 Å². The summed E-state index contributed by atoms with van der Waals surface area (Å²) in [7, 11) is 4.02. The molecule has 0 radical (unpaired) electrons. The van der Waals surface area contributed by atoms with Crippen molar-refractivity contribution < 1.29 is 9.47 Å². The van der Waals surface area contributed by atoms with E-state index in [9.17, 15) is 0 Å². The lowest BCUT2D eigenvalue weighted by molar-refractivity contribution is 0.220. The Hall–Kier alpha value is -1.95. The van der Waals surface area contributed by atoms with Gasteiger partial charge in [-0.1, -0.05) is 0 Å². The van der Waals surface area contributed by atoms with Crippen LogP contribution >= 0.6 is 0 Å². The second-order valence-corrected chi connectivity index (χ2v) is 7.69. The number of hydrogen-bond donors (Lipinski definition) is 2. The van der Waals surface area contributed by atoms with Crippen LogP contribution in [-0.2, 0) is 13.0 Å². The largest absolute Gasteiger partial charge is 0.494 e. The Labute approximate surface area is 163 Å². The fourth-order valence-electron chi connectivity index (χ4n) is 3.82. The number of hydrogen-bond acceptors (Lipinski definition) is 4. The maximum atomic E-state index is 5.92. The van der Waals surface area contributed by atoms with Gasteiger partial charge in [-0.2, -0.15) is 0 Å². The zero-order chi connectivity index (χ0) is 19.2. The van der Waals surface area contributed by atoms with Gasteiger partial charge in [-0.3, -0.25) is 4.99 Å². The third-order valence-electron chi connectivity index (χ3n) is 5.45. The van der Waals surface area contributed by atoms with Crippen molar-refractivity contribution in [1.82, 2.24) is 15.5 Å². The van der Waals surface area contributed by atoms with Gasteiger partial charge in [0.25, 0.3) is 0 Å². The monoisotopic (exact) mass is 374 g/mol. The molecule has 2 N–H and O–H groups in total. The first-order valence-corrected chi connectivity index (χ1v) is 10.2. The molecule has 0 spiro atoms. The third-order valence-corrected chi connectivity index (χ3v) is 5.45. The van der Waals surface area contributed by atoms with Gasteiger partial charge >= 0.3 is 0 Å². The molecule has 0 saturated carbocycles. The Morgan fingerprint density at radius 3 is 2.78 bits per heavy atom. The van der Waals surface area contributed by atoms with Gasteiger partial charge in [-0.25, -0.2) is 0 Å². The second-order valence-electron chi connectivity index (χ2n) is 7.69. The number of fused-ring (bicyclic) bond motifs is 1. The normalized spacial score (nSPS) is 20.9. The number of rotatable bonds is 6. The van der Waals surface area contributed by atoms with Crippen molar-refractivity contribution >= 4 is 5.96 Å². The Bertz CT molecular complexity index is 654. The van der Waals surface area contributed by atoms with Crippen LogP contribution in [0.4, 0.5) is 0 Å². The number of benzene rings is 1. The van der Waals surface area contributed by atoms with Crippen molar-refractivity contribution in [3.8, 4) is 11.5 Å². The van der Waals surface area contributed by atoms with Crippen LogP contribution in [0.5, 0.6) is 11.5 Å². The van der Waals surface area contributed by atoms with Gasteiger partial charge in [0.05, 0.1) is 6.61 Å². The molecule has 0 aliphatic carbocycles. The minimum absolute atomic E-state index is 0.238. The lowest BCUT2D eigenvalue weighted by Gasteiger charge is -2.29. The Morgan fingerprint density at radius 2 is 2.07 bits per heavy atom. The van der Waals surface area contributed by atoms with Gasteiger partial charge < -0.3 is 25.0 Å². The summed E-state index contributed by atoms with van der Waals surface area (Å²) in [5.74, 6) is 3.48. The zero-order valence-corrected chi connectivity index (χ0v) is 17.2. The molecule has 6 nitrogen and oxygen atoms in total. The third kappa shape index (κ3) is 5.28. The van der Waals surface area contributed by atoms with E-state index in [4.69, 9.17) is 9.47 Å². The highest BCUT2D eigenvalue weighted by molar-refractivity contribution is 5.79. The number of aliphatic imine (C=N–C) groups is 1. The molecule has 1 fully saturated rings. The molecule has 2 aliphatic rings. The van der Waals surface area contributed by atoms with Gasteiger partial charge in [0.15, 0.2) is 5.96 Å². The average molecular weight is 375 g/mol. The van der Waals surface area contributed by atoms with Crippen LogP contribution in [0, 0.1) is 5.92 Å². The van der Waals surface area contributed by atoms with Gasteiger partial charge in [-0.05, 0) is 64.9 Å². The van der Waals surface area contributed by atoms with E-state index >= 15 is 0 Å². The van der Waals surface area contributed by atoms with Gasteiger partial charge in [0.2, 0.25) is 0 Å². The highest BCUT2D eigenvalue weighted by Gasteiger charge is 2.22. The maximum absolute atomic E-state index is 5.92. The topological polar surface area (TPSA) is 58.1 Å². The van der Waals surface area contributed by atoms with E-state index in [0.717, 1.165) is 36.0 Å². The summed E-state index contributed by atoms with van der Waals surface area (Å²) >= 11 is 0. The summed E-state index contributed by atoms with van der Waals surface area (Å²) in [6, 6.07) is 4.25. The van der Waals surface area contributed by atoms with Gasteiger partial charge in [0.1, 0.15) is 17.6 Å². The molecule has 0 bridgehead atoms. The van der Waals surface area contributed by atoms with E-state index in [-0.39, 0.29) is 6.10 Å². The number of guanidine groups is 1. The van der Waals surface area contributed by atoms with E-state index in [1.165, 1.54) is 31.5 Å². The van der Waals surface area contributed by atoms with E-state index in [2.05, 4.69) is 46.6 Å². The van der Waals surface area contributed by atoms with Crippen LogP contribution in [0.15, 0.2) is 17.1 Å². The van der Waals surface area contributed by atoms with Crippen molar-refractivity contribution in [3.63, 3.8) is 0 Å². The molecule has 150 valence electrons. The number of nitrogens with one attached hydrogen (secondary N) is 2. The first-order chi connectivity index (χ1) is 13.1. The van der Waals surface area contributed by atoms with Crippen molar-refractivity contribution in [2.75, 3.05) is 40.3 Å². The first kappa shape index (κ1) is 19.8. The standard InChI is InChI=1S/C21H34N4O2/c1-5-26-19-11-17-10-15(2)27-20(17)12-18(19)14-24-21(22-3)23-13-16-6-8-25(4)9-7-16/h11-12,15-16H,5-10,13-14H2,1-4H3,(H2,22,23,24). The van der Waals surface area contributed by atoms with Crippen LogP contribution in [-0.4, -0.2) is 57.3 Å². The van der Waals surface area contributed by atoms with E-state index in [1.807, 2.05) is 14.0 Å². The highest BCUT2D eigenvalue weighted by atomic mass is 16.5. The molecule has 2 aliphatic heterocycles. The number of ether oxygens (including phenoxy) is 2. The molecule has 3 rings (SSSR count). The molecule has 6 heteroatoms. The summed E-state index contributed by atoms with van der Waals surface area (Å²) in [5, 5.41) is 6.91. The molecule has 1 aromatic carbocycles. The van der Waals surface area contributed by atoms with E-state index in [1.54, 1.807) is 0 Å². The molecule has 1 aromatic rings. The molecular weight excluding hydrogens is 340 g/mol. The SMILES string of the molecule is CCOc1cc2c(cc1CNC(=NC)NCC1CCN(C)CC1)OC(C)C2. The summed E-state index contributed by atoms with van der Waals surface area (Å²) in [5.41, 5.74) is 2.34. The number of piperidine rings is 1. The van der Waals surface area contributed by atoms with Crippen LogP contribution < -0.4 is 20.1 Å². The lowest BCUT2D eigenvalue weighted by atomic mass is 9.97. The van der Waals surface area contributed by atoms with Gasteiger partial charge in [-0.15, -0.1) is 0 Å². The Morgan fingerprint density at radius 1 is 1.30 bits per heavy atom. The Kier molecular flexibility index (Phi) is 6.83. The van der Waals surface area contributed by atoms with Crippen LogP contribution in [0.1, 0.15) is 37.8 Å². The quantitative estimate of drug-likeness (QED) is 0.592. The lowest BCUT2D eigenvalue weighted by Crippen LogP contribution is -2.42. The summed E-state index contributed by atoms with van der Waals surface area (Å²) in [4.78, 5) is 6.77. The first-order valence-electron chi connectivity index (χ1n) is 10.2. The van der Waals surface area contributed by atoms with Gasteiger partial charge in [0, 0.05) is 37.7 Å². The zero-order valence-electron chi connectivity index (χ0n) is 17.2. The smallest absolute Gasteiger partial charge is 0.191 e. The second kappa shape index (κ2) is 9.31. The fraction of sp³-hybridized carbons (Fsp3) is 0.667. The molecule has 1 unspecified atom stereocenters. The summed E-state index contributed by atoms with van der Waals surface area (Å²) in [6.07, 6.45) is 3.68. The molecule has 2 heterocycles. The molecule has 27 heavy (non-hydrogen) atoms. The van der Waals surface area contributed by atoms with Crippen LogP contribution in [0.25, 0.3) is 0 Å². The Balaban J connectivity index is 1.57. The minimum Gasteiger partial charge on any atom is -0.494 e. The molecular formula is C21H34N4O2. The van der Waals surface area contributed by atoms with Crippen molar-refractivity contribution in [3.05, 3.63) is 23.3 Å². The molecule has 1 saturated heterocycles. The highest BCUT2D eigenvalue weighted by Crippen LogP contribution is 2.35. The molecule has 0 amide bonds. The number of likely N-dealkylation sites (tertiary alicyclic amines) is 1. The van der Waals surface area contributed by atoms with Crippen molar-refractivity contribution in [1.29, 1.82) is 0 Å². The van der Waals surface area contributed by atoms with Crippen molar-refractivity contribution in [2.45, 2.75) is 45.8 Å².